The molecule has 2 N–H and O–H groups in total. The van der Waals surface area contributed by atoms with Crippen molar-refractivity contribution in [1.82, 2.24) is 10.4 Å². The van der Waals surface area contributed by atoms with Crippen LogP contribution in [0.3, 0.4) is 0 Å². The van der Waals surface area contributed by atoms with E-state index in [1.807, 2.05) is 60.8 Å². The number of hydrazone groups is 1. The first-order valence-corrected chi connectivity index (χ1v) is 8.47. The zero-order chi connectivity index (χ0) is 17.9. The Morgan fingerprint density at radius 3 is 2.77 bits per heavy atom. The molecule has 26 heavy (non-hydrogen) atoms. The first kappa shape index (κ1) is 16.1. The van der Waals surface area contributed by atoms with Crippen LogP contribution in [0.1, 0.15) is 12.0 Å². The Hall–Kier alpha value is -3.41. The van der Waals surface area contributed by atoms with E-state index in [4.69, 9.17) is 0 Å². The number of anilines is 1. The minimum Gasteiger partial charge on any atom is -0.361 e. The Morgan fingerprint density at radius 1 is 1.15 bits per heavy atom. The molecule has 1 aliphatic heterocycles. The second-order valence-electron chi connectivity index (χ2n) is 6.26. The maximum Gasteiger partial charge on any atom is 0.245 e. The summed E-state index contributed by atoms with van der Waals surface area (Å²) in [6, 6.07) is 17.3. The zero-order valence-corrected chi connectivity index (χ0v) is 14.1. The molecule has 0 saturated carbocycles. The van der Waals surface area contributed by atoms with Crippen molar-refractivity contribution in [3.63, 3.8) is 0 Å². The second kappa shape index (κ2) is 6.84. The van der Waals surface area contributed by atoms with Crippen LogP contribution in [-0.2, 0) is 9.59 Å². The second-order valence-corrected chi connectivity index (χ2v) is 6.26. The van der Waals surface area contributed by atoms with E-state index >= 15 is 0 Å². The van der Waals surface area contributed by atoms with Crippen LogP contribution >= 0.6 is 0 Å². The van der Waals surface area contributed by atoms with Gasteiger partial charge in [0.1, 0.15) is 0 Å². The van der Waals surface area contributed by atoms with Crippen molar-refractivity contribution in [2.75, 3.05) is 11.4 Å². The number of amides is 2. The molecule has 2 aromatic carbocycles. The van der Waals surface area contributed by atoms with E-state index < -0.39 is 5.92 Å². The summed E-state index contributed by atoms with van der Waals surface area (Å²) in [7, 11) is 0. The molecule has 1 atom stereocenters. The maximum atomic E-state index is 12.3. The fourth-order valence-corrected chi connectivity index (χ4v) is 3.20. The molecule has 130 valence electrons. The molecule has 1 fully saturated rings. The highest BCUT2D eigenvalue weighted by molar-refractivity contribution is 6.01. The molecule has 0 aliphatic carbocycles. The lowest BCUT2D eigenvalue weighted by Gasteiger charge is -2.16. The van der Waals surface area contributed by atoms with Crippen LogP contribution in [-0.4, -0.2) is 29.6 Å². The van der Waals surface area contributed by atoms with Gasteiger partial charge >= 0.3 is 0 Å². The lowest BCUT2D eigenvalue weighted by molar-refractivity contribution is -0.126. The molecular weight excluding hydrogens is 328 g/mol. The Kier molecular flexibility index (Phi) is 4.23. The number of para-hydroxylation sites is 2. The smallest absolute Gasteiger partial charge is 0.245 e. The van der Waals surface area contributed by atoms with Crippen LogP contribution < -0.4 is 10.3 Å². The van der Waals surface area contributed by atoms with Crippen LogP contribution in [0.2, 0.25) is 0 Å². The van der Waals surface area contributed by atoms with Crippen molar-refractivity contribution in [3.8, 4) is 0 Å². The maximum absolute atomic E-state index is 12.3. The number of hydrogen-bond donors (Lipinski definition) is 2. The number of aromatic nitrogens is 1. The van der Waals surface area contributed by atoms with Crippen molar-refractivity contribution < 1.29 is 9.59 Å². The Bertz CT molecular complexity index is 978. The van der Waals surface area contributed by atoms with E-state index in [1.54, 1.807) is 11.1 Å². The average molecular weight is 346 g/mol. The number of hydrogen-bond acceptors (Lipinski definition) is 3. The summed E-state index contributed by atoms with van der Waals surface area (Å²) in [6.07, 6.45) is 3.66. The monoisotopic (exact) mass is 346 g/mol. The summed E-state index contributed by atoms with van der Waals surface area (Å²) < 4.78 is 0. The molecule has 1 aliphatic rings. The standard InChI is InChI=1S/C20H18N4O2/c25-19-10-14(13-24(19)16-6-2-1-3-7-16)20(26)23-22-12-15-11-21-18-9-5-4-8-17(15)18/h1-9,11-12,14,21H,10,13H2,(H,23,26). The molecule has 1 saturated heterocycles. The lowest BCUT2D eigenvalue weighted by Crippen LogP contribution is -2.30. The van der Waals surface area contributed by atoms with Gasteiger partial charge in [-0.05, 0) is 18.2 Å². The predicted molar refractivity (Wildman–Crippen MR) is 101 cm³/mol. The van der Waals surface area contributed by atoms with Crippen molar-refractivity contribution in [1.29, 1.82) is 0 Å². The number of nitrogens with one attached hydrogen (secondary N) is 2. The van der Waals surface area contributed by atoms with Gasteiger partial charge in [-0.15, -0.1) is 0 Å². The first-order chi connectivity index (χ1) is 12.7. The number of nitrogens with zero attached hydrogens (tertiary/aromatic N) is 2. The van der Waals surface area contributed by atoms with Gasteiger partial charge < -0.3 is 9.88 Å². The van der Waals surface area contributed by atoms with Crippen molar-refractivity contribution in [2.24, 2.45) is 11.0 Å². The van der Waals surface area contributed by atoms with E-state index in [0.717, 1.165) is 22.2 Å². The van der Waals surface area contributed by atoms with E-state index in [0.29, 0.717) is 6.54 Å². The SMILES string of the molecule is O=C(NN=Cc1c[nH]c2ccccc12)C1CC(=O)N(c2ccccc2)C1. The van der Waals surface area contributed by atoms with Crippen LogP contribution in [0.4, 0.5) is 5.69 Å². The van der Waals surface area contributed by atoms with Gasteiger partial charge in [-0.1, -0.05) is 36.4 Å². The molecule has 0 radical (unpaired) electrons. The summed E-state index contributed by atoms with van der Waals surface area (Å²) in [6.45, 7) is 0.372. The van der Waals surface area contributed by atoms with Gasteiger partial charge in [0, 0.05) is 41.3 Å². The quantitative estimate of drug-likeness (QED) is 0.563. The Balaban J connectivity index is 1.40. The van der Waals surface area contributed by atoms with Gasteiger partial charge in [-0.25, -0.2) is 5.43 Å². The lowest BCUT2D eigenvalue weighted by atomic mass is 10.1. The largest absolute Gasteiger partial charge is 0.361 e. The number of aromatic amines is 1. The molecule has 0 bridgehead atoms. The number of benzene rings is 2. The summed E-state index contributed by atoms with van der Waals surface area (Å²) in [4.78, 5) is 29.4. The van der Waals surface area contributed by atoms with Gasteiger partial charge in [0.25, 0.3) is 0 Å². The van der Waals surface area contributed by atoms with Crippen LogP contribution in [0.15, 0.2) is 65.9 Å². The van der Waals surface area contributed by atoms with E-state index in [-0.39, 0.29) is 18.2 Å². The fraction of sp³-hybridized carbons (Fsp3) is 0.150. The van der Waals surface area contributed by atoms with Gasteiger partial charge in [0.15, 0.2) is 0 Å². The van der Waals surface area contributed by atoms with Gasteiger partial charge in [0.05, 0.1) is 12.1 Å². The van der Waals surface area contributed by atoms with E-state index in [9.17, 15) is 9.59 Å². The van der Waals surface area contributed by atoms with Gasteiger partial charge in [0.2, 0.25) is 11.8 Å². The summed E-state index contributed by atoms with van der Waals surface area (Å²) >= 11 is 0. The fourth-order valence-electron chi connectivity index (χ4n) is 3.20. The molecule has 0 spiro atoms. The average Bonchev–Trinajstić information content (AvgIpc) is 3.26. The summed E-state index contributed by atoms with van der Waals surface area (Å²) in [5.41, 5.74) is 5.28. The molecule has 6 nitrogen and oxygen atoms in total. The van der Waals surface area contributed by atoms with E-state index in [2.05, 4.69) is 15.5 Å². The minimum absolute atomic E-state index is 0.0445. The third-order valence-corrected chi connectivity index (χ3v) is 4.56. The summed E-state index contributed by atoms with van der Waals surface area (Å²) in [5.74, 6) is -0.687. The van der Waals surface area contributed by atoms with Gasteiger partial charge in [-0.2, -0.15) is 5.10 Å². The number of carbonyl (C=O) groups is 2. The molecule has 4 rings (SSSR count). The van der Waals surface area contributed by atoms with Crippen molar-refractivity contribution >= 4 is 34.6 Å². The molecule has 2 amide bonds. The van der Waals surface area contributed by atoms with Gasteiger partial charge in [-0.3, -0.25) is 9.59 Å². The molecule has 1 aromatic heterocycles. The van der Waals surface area contributed by atoms with Crippen molar-refractivity contribution in [2.45, 2.75) is 6.42 Å². The molecular formula is C20H18N4O2. The van der Waals surface area contributed by atoms with Crippen LogP contribution in [0, 0.1) is 5.92 Å². The first-order valence-electron chi connectivity index (χ1n) is 8.47. The molecule has 6 heteroatoms. The molecule has 1 unspecified atom stereocenters. The number of rotatable bonds is 4. The number of carbonyl (C=O) groups excluding carboxylic acids is 2. The topological polar surface area (TPSA) is 77.6 Å². The third-order valence-electron chi connectivity index (χ3n) is 4.56. The summed E-state index contributed by atoms with van der Waals surface area (Å²) in [5, 5.41) is 5.10. The predicted octanol–water partition coefficient (Wildman–Crippen LogP) is 2.67. The highest BCUT2D eigenvalue weighted by Gasteiger charge is 2.34. The minimum atomic E-state index is -0.400. The van der Waals surface area contributed by atoms with Crippen molar-refractivity contribution in [3.05, 3.63) is 66.4 Å². The van der Waals surface area contributed by atoms with E-state index in [1.165, 1.54) is 0 Å². The number of H-pyrrole nitrogens is 1. The van der Waals surface area contributed by atoms with Crippen LogP contribution in [0.25, 0.3) is 10.9 Å². The Morgan fingerprint density at radius 2 is 1.92 bits per heavy atom. The Labute approximate surface area is 150 Å². The van der Waals surface area contributed by atoms with Crippen LogP contribution in [0.5, 0.6) is 0 Å². The molecule has 3 aromatic rings. The molecule has 2 heterocycles. The zero-order valence-electron chi connectivity index (χ0n) is 14.1. The normalized spacial score (nSPS) is 17.3. The highest BCUT2D eigenvalue weighted by Crippen LogP contribution is 2.24. The highest BCUT2D eigenvalue weighted by atomic mass is 16.2. The number of fused-ring (bicyclic) bond motifs is 1. The third kappa shape index (κ3) is 3.09.